The van der Waals surface area contributed by atoms with Crippen molar-refractivity contribution in [2.75, 3.05) is 6.54 Å². The summed E-state index contributed by atoms with van der Waals surface area (Å²) in [6.45, 7) is 2.18. The number of carbonyl (C=O) groups excluding carboxylic acids is 1. The van der Waals surface area contributed by atoms with Crippen molar-refractivity contribution in [1.82, 2.24) is 5.32 Å². The molecule has 0 heterocycles. The molecule has 0 radical (unpaired) electrons. The number of aliphatic imine (C=N–C) groups is 1. The van der Waals surface area contributed by atoms with Crippen molar-refractivity contribution in [2.24, 2.45) is 4.99 Å². The number of phenols is 2. The number of halogens is 1. The van der Waals surface area contributed by atoms with E-state index < -0.39 is 0 Å². The average molecular weight is 424 g/mol. The molecule has 3 N–H and O–H groups in total. The van der Waals surface area contributed by atoms with Gasteiger partial charge in [0.05, 0.1) is 11.6 Å². The van der Waals surface area contributed by atoms with Gasteiger partial charge < -0.3 is 15.5 Å². The Kier molecular flexibility index (Phi) is 5.97. The molecule has 1 atom stereocenters. The minimum Gasteiger partial charge on any atom is -0.507 e. The fraction of sp³-hybridized carbons (Fsp3) is 0.176. The van der Waals surface area contributed by atoms with Crippen LogP contribution in [0, 0.1) is 3.57 Å². The summed E-state index contributed by atoms with van der Waals surface area (Å²) in [6, 6.07) is 11.5. The van der Waals surface area contributed by atoms with Gasteiger partial charge in [0.2, 0.25) is 0 Å². The van der Waals surface area contributed by atoms with Crippen LogP contribution in [-0.4, -0.2) is 34.9 Å². The SMILES string of the molecule is CC(CNC(=O)c1ccccc1O)N=Cc1cc(I)ccc1O. The monoisotopic (exact) mass is 424 g/mol. The number of amides is 1. The quantitative estimate of drug-likeness (QED) is 0.510. The minimum absolute atomic E-state index is 0.0510. The van der Waals surface area contributed by atoms with Crippen LogP contribution >= 0.6 is 22.6 Å². The average Bonchev–Trinajstić information content (AvgIpc) is 2.54. The van der Waals surface area contributed by atoms with Gasteiger partial charge in [-0.2, -0.15) is 0 Å². The van der Waals surface area contributed by atoms with E-state index in [0.29, 0.717) is 12.1 Å². The first-order valence-electron chi connectivity index (χ1n) is 7.05. The molecule has 0 saturated carbocycles. The summed E-state index contributed by atoms with van der Waals surface area (Å²) in [7, 11) is 0. The third-order valence-corrected chi connectivity index (χ3v) is 3.84. The standard InChI is InChI=1S/C17H17IN2O3/c1-11(19-10-12-8-13(18)6-7-15(12)21)9-20-17(23)14-4-2-3-5-16(14)22/h2-8,10-11,21-22H,9H2,1H3,(H,20,23). The molecule has 0 aliphatic rings. The highest BCUT2D eigenvalue weighted by molar-refractivity contribution is 14.1. The van der Waals surface area contributed by atoms with Crippen LogP contribution in [0.5, 0.6) is 11.5 Å². The minimum atomic E-state index is -0.345. The Morgan fingerprint density at radius 3 is 2.74 bits per heavy atom. The molecule has 2 rings (SSSR count). The van der Waals surface area contributed by atoms with Gasteiger partial charge in [0.1, 0.15) is 11.5 Å². The normalized spacial score (nSPS) is 12.3. The first kappa shape index (κ1) is 17.3. The second-order valence-corrected chi connectivity index (χ2v) is 6.30. The molecular formula is C17H17IN2O3. The number of hydrogen-bond acceptors (Lipinski definition) is 4. The number of nitrogens with zero attached hydrogens (tertiary/aromatic N) is 1. The van der Waals surface area contributed by atoms with Crippen molar-refractivity contribution in [1.29, 1.82) is 0 Å². The summed E-state index contributed by atoms with van der Waals surface area (Å²) in [6.07, 6.45) is 1.59. The van der Waals surface area contributed by atoms with Gasteiger partial charge in [-0.05, 0) is 59.8 Å². The Hall–Kier alpha value is -2.09. The number of hydrogen-bond donors (Lipinski definition) is 3. The molecule has 1 unspecified atom stereocenters. The third-order valence-electron chi connectivity index (χ3n) is 3.16. The lowest BCUT2D eigenvalue weighted by atomic mass is 10.2. The van der Waals surface area contributed by atoms with Crippen LogP contribution in [-0.2, 0) is 0 Å². The second kappa shape index (κ2) is 7.96. The number of para-hydroxylation sites is 1. The number of benzene rings is 2. The summed E-state index contributed by atoms with van der Waals surface area (Å²) in [5.41, 5.74) is 0.870. The largest absolute Gasteiger partial charge is 0.507 e. The number of phenolic OH excluding ortho intramolecular Hbond substituents is 2. The van der Waals surface area contributed by atoms with Gasteiger partial charge in [0.25, 0.3) is 5.91 Å². The van der Waals surface area contributed by atoms with Gasteiger partial charge in [-0.15, -0.1) is 0 Å². The Bertz CT molecular complexity index is 732. The molecule has 0 aliphatic carbocycles. The predicted molar refractivity (Wildman–Crippen MR) is 98.3 cm³/mol. The highest BCUT2D eigenvalue weighted by atomic mass is 127. The number of carbonyl (C=O) groups is 1. The van der Waals surface area contributed by atoms with E-state index in [1.807, 2.05) is 19.1 Å². The molecule has 5 nitrogen and oxygen atoms in total. The van der Waals surface area contributed by atoms with E-state index in [1.165, 1.54) is 6.07 Å². The van der Waals surface area contributed by atoms with E-state index in [4.69, 9.17) is 0 Å². The van der Waals surface area contributed by atoms with Crippen LogP contribution in [0.15, 0.2) is 47.5 Å². The Morgan fingerprint density at radius 2 is 2.00 bits per heavy atom. The molecular weight excluding hydrogens is 407 g/mol. The van der Waals surface area contributed by atoms with Crippen molar-refractivity contribution in [3.8, 4) is 11.5 Å². The molecule has 0 aromatic heterocycles. The van der Waals surface area contributed by atoms with Gasteiger partial charge in [-0.3, -0.25) is 9.79 Å². The van der Waals surface area contributed by atoms with E-state index in [-0.39, 0.29) is 29.0 Å². The molecule has 0 saturated heterocycles. The zero-order valence-corrected chi connectivity index (χ0v) is 14.7. The molecule has 2 aromatic rings. The maximum atomic E-state index is 12.0. The first-order chi connectivity index (χ1) is 11.0. The lowest BCUT2D eigenvalue weighted by molar-refractivity contribution is 0.0949. The summed E-state index contributed by atoms with van der Waals surface area (Å²) in [4.78, 5) is 16.3. The first-order valence-corrected chi connectivity index (χ1v) is 8.13. The zero-order chi connectivity index (χ0) is 16.8. The zero-order valence-electron chi connectivity index (χ0n) is 12.5. The van der Waals surface area contributed by atoms with Crippen LogP contribution in [0.4, 0.5) is 0 Å². The van der Waals surface area contributed by atoms with Crippen LogP contribution < -0.4 is 5.32 Å². The molecule has 23 heavy (non-hydrogen) atoms. The van der Waals surface area contributed by atoms with Crippen molar-refractivity contribution in [2.45, 2.75) is 13.0 Å². The molecule has 0 fully saturated rings. The summed E-state index contributed by atoms with van der Waals surface area (Å²) in [5, 5.41) is 22.1. The summed E-state index contributed by atoms with van der Waals surface area (Å²) >= 11 is 2.16. The molecule has 0 spiro atoms. The third kappa shape index (κ3) is 4.95. The lowest BCUT2D eigenvalue weighted by Gasteiger charge is -2.09. The van der Waals surface area contributed by atoms with Gasteiger partial charge in [-0.1, -0.05) is 12.1 Å². The second-order valence-electron chi connectivity index (χ2n) is 5.06. The number of nitrogens with one attached hydrogen (secondary N) is 1. The lowest BCUT2D eigenvalue weighted by Crippen LogP contribution is -2.30. The summed E-state index contributed by atoms with van der Waals surface area (Å²) < 4.78 is 1.00. The molecule has 0 bridgehead atoms. The Labute approximate surface area is 148 Å². The molecule has 0 aliphatic heterocycles. The summed E-state index contributed by atoms with van der Waals surface area (Å²) in [5.74, 6) is -0.230. The predicted octanol–water partition coefficient (Wildman–Crippen LogP) is 2.94. The van der Waals surface area contributed by atoms with E-state index in [0.717, 1.165) is 3.57 Å². The van der Waals surface area contributed by atoms with E-state index >= 15 is 0 Å². The van der Waals surface area contributed by atoms with E-state index in [2.05, 4.69) is 32.9 Å². The topological polar surface area (TPSA) is 81.9 Å². The number of aromatic hydroxyl groups is 2. The Morgan fingerprint density at radius 1 is 1.26 bits per heavy atom. The van der Waals surface area contributed by atoms with Crippen molar-refractivity contribution >= 4 is 34.7 Å². The van der Waals surface area contributed by atoms with Crippen LogP contribution in [0.25, 0.3) is 0 Å². The van der Waals surface area contributed by atoms with Crippen molar-refractivity contribution in [3.05, 3.63) is 57.2 Å². The molecule has 6 heteroatoms. The number of rotatable bonds is 5. The van der Waals surface area contributed by atoms with Crippen LogP contribution in [0.2, 0.25) is 0 Å². The van der Waals surface area contributed by atoms with Crippen LogP contribution in [0.3, 0.4) is 0 Å². The molecule has 2 aromatic carbocycles. The fourth-order valence-corrected chi connectivity index (χ4v) is 2.41. The highest BCUT2D eigenvalue weighted by Gasteiger charge is 2.10. The Balaban J connectivity index is 1.93. The van der Waals surface area contributed by atoms with Crippen molar-refractivity contribution in [3.63, 3.8) is 0 Å². The van der Waals surface area contributed by atoms with Gasteiger partial charge >= 0.3 is 0 Å². The van der Waals surface area contributed by atoms with Gasteiger partial charge in [0, 0.05) is 21.9 Å². The van der Waals surface area contributed by atoms with E-state index in [9.17, 15) is 15.0 Å². The maximum absolute atomic E-state index is 12.0. The van der Waals surface area contributed by atoms with Crippen molar-refractivity contribution < 1.29 is 15.0 Å². The molecule has 1 amide bonds. The fourth-order valence-electron chi connectivity index (χ4n) is 1.89. The smallest absolute Gasteiger partial charge is 0.255 e. The van der Waals surface area contributed by atoms with Crippen LogP contribution in [0.1, 0.15) is 22.8 Å². The maximum Gasteiger partial charge on any atom is 0.255 e. The van der Waals surface area contributed by atoms with E-state index in [1.54, 1.807) is 30.5 Å². The molecule has 120 valence electrons. The van der Waals surface area contributed by atoms with Gasteiger partial charge in [0.15, 0.2) is 0 Å². The highest BCUT2D eigenvalue weighted by Crippen LogP contribution is 2.18. The van der Waals surface area contributed by atoms with Gasteiger partial charge in [-0.25, -0.2) is 0 Å².